The Kier molecular flexibility index (Phi) is 6.90. The van der Waals surface area contributed by atoms with Gasteiger partial charge in [0.15, 0.2) is 5.96 Å². The van der Waals surface area contributed by atoms with Crippen LogP contribution in [0.3, 0.4) is 0 Å². The summed E-state index contributed by atoms with van der Waals surface area (Å²) in [5.41, 5.74) is 1.90. The van der Waals surface area contributed by atoms with Crippen LogP contribution in [0.15, 0.2) is 53.8 Å². The molecule has 1 aliphatic heterocycles. The number of guanidine groups is 1. The molecule has 144 valence electrons. The van der Waals surface area contributed by atoms with Gasteiger partial charge in [0.1, 0.15) is 0 Å². The van der Waals surface area contributed by atoms with Gasteiger partial charge in [-0.05, 0) is 49.1 Å². The van der Waals surface area contributed by atoms with Crippen molar-refractivity contribution >= 4 is 11.9 Å². The van der Waals surface area contributed by atoms with E-state index >= 15 is 0 Å². The minimum absolute atomic E-state index is 0.150. The first-order valence-corrected chi connectivity index (χ1v) is 9.70. The molecule has 1 aromatic heterocycles. The summed E-state index contributed by atoms with van der Waals surface area (Å²) in [5, 5.41) is 6.62. The van der Waals surface area contributed by atoms with E-state index in [2.05, 4.69) is 20.2 Å². The Balaban J connectivity index is 1.45. The van der Waals surface area contributed by atoms with E-state index in [-0.39, 0.29) is 5.91 Å². The van der Waals surface area contributed by atoms with E-state index in [1.807, 2.05) is 53.7 Å². The molecule has 0 radical (unpaired) electrons. The number of hydrogen-bond donors (Lipinski definition) is 2. The van der Waals surface area contributed by atoms with Gasteiger partial charge in [0.2, 0.25) is 0 Å². The quantitative estimate of drug-likeness (QED) is 0.609. The van der Waals surface area contributed by atoms with E-state index < -0.39 is 0 Å². The Hall–Kier alpha value is -2.76. The predicted molar refractivity (Wildman–Crippen MR) is 109 cm³/mol. The summed E-state index contributed by atoms with van der Waals surface area (Å²) in [4.78, 5) is 18.7. The Morgan fingerprint density at radius 2 is 1.74 bits per heavy atom. The smallest absolute Gasteiger partial charge is 0.253 e. The molecule has 0 saturated carbocycles. The molecule has 3 rings (SSSR count). The van der Waals surface area contributed by atoms with E-state index in [0.717, 1.165) is 56.1 Å². The molecular formula is C21H29N5O. The van der Waals surface area contributed by atoms with Crippen molar-refractivity contribution in [2.75, 3.05) is 26.7 Å². The van der Waals surface area contributed by atoms with Crippen LogP contribution in [-0.4, -0.2) is 48.0 Å². The molecule has 0 unspecified atom stereocenters. The van der Waals surface area contributed by atoms with Gasteiger partial charge in [-0.25, -0.2) is 0 Å². The molecular weight excluding hydrogens is 338 g/mol. The summed E-state index contributed by atoms with van der Waals surface area (Å²) in [6.45, 7) is 4.13. The molecule has 2 N–H and O–H groups in total. The van der Waals surface area contributed by atoms with E-state index in [0.29, 0.717) is 6.54 Å². The molecule has 1 amide bonds. The van der Waals surface area contributed by atoms with Crippen molar-refractivity contribution in [3.8, 4) is 0 Å². The largest absolute Gasteiger partial charge is 0.355 e. The SMILES string of the molecule is CN=C(NCCn1cccc1)NCc1ccc(C(=O)N2CCCCC2)cc1. The number of carbonyl (C=O) groups is 1. The summed E-state index contributed by atoms with van der Waals surface area (Å²) in [6.07, 6.45) is 7.55. The number of rotatable bonds is 6. The molecule has 0 bridgehead atoms. The average molecular weight is 367 g/mol. The van der Waals surface area contributed by atoms with Crippen LogP contribution in [0.2, 0.25) is 0 Å². The summed E-state index contributed by atoms with van der Waals surface area (Å²) < 4.78 is 2.12. The van der Waals surface area contributed by atoms with Crippen LogP contribution in [0.4, 0.5) is 0 Å². The second kappa shape index (κ2) is 9.80. The summed E-state index contributed by atoms with van der Waals surface area (Å²) in [6, 6.07) is 11.9. The lowest BCUT2D eigenvalue weighted by Crippen LogP contribution is -2.38. The third-order valence-corrected chi connectivity index (χ3v) is 4.86. The molecule has 2 aromatic rings. The Labute approximate surface area is 161 Å². The number of carbonyl (C=O) groups excluding carboxylic acids is 1. The molecule has 1 fully saturated rings. The molecule has 6 heteroatoms. The van der Waals surface area contributed by atoms with Crippen LogP contribution >= 0.6 is 0 Å². The van der Waals surface area contributed by atoms with Gasteiger partial charge >= 0.3 is 0 Å². The monoisotopic (exact) mass is 367 g/mol. The highest BCUT2D eigenvalue weighted by atomic mass is 16.2. The molecule has 1 aromatic carbocycles. The van der Waals surface area contributed by atoms with Crippen molar-refractivity contribution in [1.29, 1.82) is 0 Å². The van der Waals surface area contributed by atoms with Crippen molar-refractivity contribution in [3.63, 3.8) is 0 Å². The zero-order valence-electron chi connectivity index (χ0n) is 16.0. The maximum absolute atomic E-state index is 12.5. The van der Waals surface area contributed by atoms with E-state index in [4.69, 9.17) is 0 Å². The highest BCUT2D eigenvalue weighted by molar-refractivity contribution is 5.94. The van der Waals surface area contributed by atoms with Gasteiger partial charge < -0.3 is 20.1 Å². The third-order valence-electron chi connectivity index (χ3n) is 4.86. The van der Waals surface area contributed by atoms with Gasteiger partial charge in [0.25, 0.3) is 5.91 Å². The number of nitrogens with one attached hydrogen (secondary N) is 2. The number of amides is 1. The van der Waals surface area contributed by atoms with Gasteiger partial charge in [0.05, 0.1) is 0 Å². The molecule has 0 atom stereocenters. The minimum atomic E-state index is 0.150. The fraction of sp³-hybridized carbons (Fsp3) is 0.429. The van der Waals surface area contributed by atoms with Crippen molar-refractivity contribution in [1.82, 2.24) is 20.1 Å². The molecule has 27 heavy (non-hydrogen) atoms. The minimum Gasteiger partial charge on any atom is -0.355 e. The summed E-state index contributed by atoms with van der Waals surface area (Å²) >= 11 is 0. The summed E-state index contributed by atoms with van der Waals surface area (Å²) in [7, 11) is 1.77. The zero-order valence-corrected chi connectivity index (χ0v) is 16.0. The van der Waals surface area contributed by atoms with Crippen LogP contribution < -0.4 is 10.6 Å². The lowest BCUT2D eigenvalue weighted by molar-refractivity contribution is 0.0724. The second-order valence-corrected chi connectivity index (χ2v) is 6.82. The molecule has 1 saturated heterocycles. The molecule has 6 nitrogen and oxygen atoms in total. The molecule has 1 aliphatic rings. The zero-order chi connectivity index (χ0) is 18.9. The highest BCUT2D eigenvalue weighted by Crippen LogP contribution is 2.13. The summed E-state index contributed by atoms with van der Waals surface area (Å²) in [5.74, 6) is 0.923. The normalized spacial score (nSPS) is 14.9. The number of aliphatic imine (C=N–C) groups is 1. The van der Waals surface area contributed by atoms with E-state index in [1.54, 1.807) is 7.05 Å². The number of nitrogens with zero attached hydrogens (tertiary/aromatic N) is 3. The number of aromatic nitrogens is 1. The maximum atomic E-state index is 12.5. The second-order valence-electron chi connectivity index (χ2n) is 6.82. The Morgan fingerprint density at radius 3 is 2.41 bits per heavy atom. The number of benzene rings is 1. The molecule has 0 aliphatic carbocycles. The Morgan fingerprint density at radius 1 is 1.04 bits per heavy atom. The van der Waals surface area contributed by atoms with Crippen molar-refractivity contribution in [2.45, 2.75) is 32.4 Å². The standard InChI is InChI=1S/C21H29N5O/c1-22-21(23-11-16-25-12-5-6-13-25)24-17-18-7-9-19(10-8-18)20(27)26-14-3-2-4-15-26/h5-10,12-13H,2-4,11,14-17H2,1H3,(H2,22,23,24). The van der Waals surface area contributed by atoms with Crippen molar-refractivity contribution < 1.29 is 4.79 Å². The van der Waals surface area contributed by atoms with Crippen LogP contribution in [0.1, 0.15) is 35.2 Å². The van der Waals surface area contributed by atoms with E-state index in [1.165, 1.54) is 6.42 Å². The van der Waals surface area contributed by atoms with Gasteiger partial charge in [-0.15, -0.1) is 0 Å². The van der Waals surface area contributed by atoms with Gasteiger partial charge in [-0.2, -0.15) is 0 Å². The average Bonchev–Trinajstić information content (AvgIpc) is 3.24. The van der Waals surface area contributed by atoms with Crippen LogP contribution in [0.25, 0.3) is 0 Å². The predicted octanol–water partition coefficient (Wildman–Crippen LogP) is 2.48. The number of likely N-dealkylation sites (tertiary alicyclic amines) is 1. The lowest BCUT2D eigenvalue weighted by atomic mass is 10.1. The fourth-order valence-corrected chi connectivity index (χ4v) is 3.27. The van der Waals surface area contributed by atoms with Crippen molar-refractivity contribution in [2.24, 2.45) is 4.99 Å². The van der Waals surface area contributed by atoms with Crippen LogP contribution in [0, 0.1) is 0 Å². The fourth-order valence-electron chi connectivity index (χ4n) is 3.27. The highest BCUT2D eigenvalue weighted by Gasteiger charge is 2.17. The first-order chi connectivity index (χ1) is 13.3. The first-order valence-electron chi connectivity index (χ1n) is 9.70. The van der Waals surface area contributed by atoms with Gasteiger partial charge in [0, 0.05) is 57.7 Å². The van der Waals surface area contributed by atoms with Crippen LogP contribution in [0.5, 0.6) is 0 Å². The van der Waals surface area contributed by atoms with Crippen molar-refractivity contribution in [3.05, 3.63) is 59.9 Å². The molecule has 0 spiro atoms. The third kappa shape index (κ3) is 5.61. The van der Waals surface area contributed by atoms with E-state index in [9.17, 15) is 4.79 Å². The molecule has 2 heterocycles. The van der Waals surface area contributed by atoms with Gasteiger partial charge in [-0.3, -0.25) is 9.79 Å². The topological polar surface area (TPSA) is 61.7 Å². The van der Waals surface area contributed by atoms with Gasteiger partial charge in [-0.1, -0.05) is 12.1 Å². The first kappa shape index (κ1) is 19.0. The lowest BCUT2D eigenvalue weighted by Gasteiger charge is -2.26. The maximum Gasteiger partial charge on any atom is 0.253 e. The Bertz CT molecular complexity index is 730. The number of piperidine rings is 1. The number of hydrogen-bond acceptors (Lipinski definition) is 2. The van der Waals surface area contributed by atoms with Crippen LogP contribution in [-0.2, 0) is 13.1 Å².